The third kappa shape index (κ3) is 5.99. The van der Waals surface area contributed by atoms with E-state index in [0.29, 0.717) is 41.5 Å². The molecule has 6 saturated carbocycles. The monoisotopic (exact) mass is 626 g/mol. The Morgan fingerprint density at radius 3 is 2.16 bits per heavy atom. The van der Waals surface area contributed by atoms with E-state index in [2.05, 4.69) is 83.6 Å². The minimum absolute atomic E-state index is 0.468. The minimum atomic E-state index is 0.468. The van der Waals surface area contributed by atoms with Gasteiger partial charge in [-0.15, -0.1) is 0 Å². The van der Waals surface area contributed by atoms with Gasteiger partial charge in [0.1, 0.15) is 0 Å². The average molecular weight is 627 g/mol. The number of hydrogen-bond acceptors (Lipinski definition) is 1. The molecule has 43 heavy (non-hydrogen) atoms. The molecular weight excluding hydrogens is 558 g/mol. The van der Waals surface area contributed by atoms with Crippen molar-refractivity contribution in [1.82, 2.24) is 0 Å². The summed E-state index contributed by atoms with van der Waals surface area (Å²) in [4.78, 5) is 0. The van der Waals surface area contributed by atoms with Gasteiger partial charge >= 0.3 is 0 Å². The first-order chi connectivity index (χ1) is 20.1. The summed E-state index contributed by atoms with van der Waals surface area (Å²) in [7, 11) is 3.14. The lowest BCUT2D eigenvalue weighted by molar-refractivity contribution is -0.134. The quantitative estimate of drug-likeness (QED) is 0.162. The van der Waals surface area contributed by atoms with Crippen molar-refractivity contribution in [3.05, 3.63) is 36.0 Å². The van der Waals surface area contributed by atoms with Crippen LogP contribution in [0.5, 0.6) is 0 Å². The van der Waals surface area contributed by atoms with Crippen molar-refractivity contribution in [2.24, 2.45) is 62.6 Å². The van der Waals surface area contributed by atoms with Gasteiger partial charge in [0.2, 0.25) is 0 Å². The van der Waals surface area contributed by atoms with E-state index in [-0.39, 0.29) is 0 Å². The van der Waals surface area contributed by atoms with E-state index in [9.17, 15) is 0 Å². The van der Waals surface area contributed by atoms with Crippen molar-refractivity contribution in [3.63, 3.8) is 0 Å². The molecule has 6 aliphatic carbocycles. The Morgan fingerprint density at radius 1 is 0.907 bits per heavy atom. The fraction of sp³-hybridized carbons (Fsp3) is 0.850. The highest BCUT2D eigenvalue weighted by atomic mass is 32.0. The fourth-order valence-electron chi connectivity index (χ4n) is 13.3. The Bertz CT molecular complexity index is 1090. The Kier molecular flexibility index (Phi) is 10.1. The molecule has 6 fully saturated rings. The maximum atomic E-state index is 5.45. The third-order valence-corrected chi connectivity index (χ3v) is 16.3. The first-order valence-corrected chi connectivity index (χ1v) is 20.9. The number of fused-ring (bicyclic) bond motifs is 4. The lowest BCUT2D eigenvalue weighted by Gasteiger charge is -2.63. The molecule has 0 radical (unpaired) electrons. The minimum Gasteiger partial charge on any atom is -0.354 e. The smallest absolute Gasteiger partial charge is 0.0693 e. The Morgan fingerprint density at radius 2 is 1.53 bits per heavy atom. The summed E-state index contributed by atoms with van der Waals surface area (Å²) < 4.78 is 5.45. The van der Waals surface area contributed by atoms with Gasteiger partial charge in [-0.3, -0.25) is 0 Å². The van der Waals surface area contributed by atoms with Crippen molar-refractivity contribution >= 4 is 17.4 Å². The largest absolute Gasteiger partial charge is 0.354 e. The van der Waals surface area contributed by atoms with E-state index < -0.39 is 0 Å². The van der Waals surface area contributed by atoms with Crippen LogP contribution >= 0.6 is 17.4 Å². The molecule has 0 amide bonds. The first-order valence-electron chi connectivity index (χ1n) is 18.2. The van der Waals surface area contributed by atoms with E-state index >= 15 is 0 Å². The van der Waals surface area contributed by atoms with E-state index in [1.807, 2.05) is 0 Å². The Hall–Kier alpha value is 0.0400. The van der Waals surface area contributed by atoms with Gasteiger partial charge in [-0.25, -0.2) is 0 Å². The van der Waals surface area contributed by atoms with Gasteiger partial charge in [0.15, 0.2) is 0 Å². The Balaban J connectivity index is 0.000000172. The summed E-state index contributed by atoms with van der Waals surface area (Å²) in [6, 6.07) is 0. The summed E-state index contributed by atoms with van der Waals surface area (Å²) in [6.45, 7) is 29.8. The van der Waals surface area contributed by atoms with E-state index in [0.717, 1.165) is 36.2 Å². The number of hydrogen-bond donors (Lipinski definition) is 0. The molecule has 0 aromatic heterocycles. The zero-order chi connectivity index (χ0) is 31.4. The van der Waals surface area contributed by atoms with Crippen LogP contribution in [0.4, 0.5) is 0 Å². The van der Waals surface area contributed by atoms with E-state index in [1.54, 1.807) is 5.57 Å². The highest BCUT2D eigenvalue weighted by molar-refractivity contribution is 8.00. The molecule has 0 aromatic rings. The second kappa shape index (κ2) is 12.6. The summed E-state index contributed by atoms with van der Waals surface area (Å²) in [5.41, 5.74) is 7.44. The molecule has 11 atom stereocenters. The average Bonchev–Trinajstić information content (AvgIpc) is 3.43. The zero-order valence-corrected chi connectivity index (χ0v) is 31.7. The van der Waals surface area contributed by atoms with Gasteiger partial charge in [-0.2, -0.15) is 0 Å². The van der Waals surface area contributed by atoms with Gasteiger partial charge in [0.05, 0.1) is 6.61 Å². The van der Waals surface area contributed by atoms with Gasteiger partial charge in [0, 0.05) is 8.50 Å². The van der Waals surface area contributed by atoms with Crippen LogP contribution in [0.3, 0.4) is 0 Å². The van der Waals surface area contributed by atoms with Crippen LogP contribution in [0, 0.1) is 62.6 Å². The molecular formula is C40H68OP2. The van der Waals surface area contributed by atoms with Gasteiger partial charge < -0.3 is 4.52 Å². The summed E-state index contributed by atoms with van der Waals surface area (Å²) in [5.74, 6) is 5.21. The van der Waals surface area contributed by atoms with Gasteiger partial charge in [-0.1, -0.05) is 106 Å². The number of allylic oxidation sites excluding steroid dienone is 3. The zero-order valence-electron chi connectivity index (χ0n) is 29.5. The molecule has 244 valence electrons. The molecule has 11 unspecified atom stereocenters. The molecule has 0 heterocycles. The van der Waals surface area contributed by atoms with Gasteiger partial charge in [-0.05, 0) is 147 Å². The predicted molar refractivity (Wildman–Crippen MR) is 193 cm³/mol. The second-order valence-electron chi connectivity index (χ2n) is 18.3. The highest BCUT2D eigenvalue weighted by Crippen LogP contribution is 2.75. The van der Waals surface area contributed by atoms with Crippen LogP contribution in [0.1, 0.15) is 145 Å². The standard InChI is InChI=1S/C20H36OP2.C20H32/c1-15(11-14-21-23-22)7-9-17-16(2)8-10-18-19(3,4)12-6-13-20(17,18)5;1-13-14(2)20-10-7-16-18(3,4)8-6-9-19(16,5)17(20)11-15(13)12-20/h11,17-18,23H,2,6-10,12-14,22H2,1,3-5H3;14-17H,1,6-12H2,2-5H3/b15-11-;. The van der Waals surface area contributed by atoms with Crippen molar-refractivity contribution in [2.75, 3.05) is 6.61 Å². The molecule has 3 heteroatoms. The van der Waals surface area contributed by atoms with Crippen molar-refractivity contribution in [3.8, 4) is 0 Å². The molecule has 1 nitrogen and oxygen atoms in total. The molecule has 6 rings (SSSR count). The molecule has 0 aliphatic heterocycles. The van der Waals surface area contributed by atoms with Crippen LogP contribution in [0.25, 0.3) is 0 Å². The van der Waals surface area contributed by atoms with Gasteiger partial charge in [0.25, 0.3) is 0 Å². The molecule has 1 spiro atoms. The molecule has 0 saturated heterocycles. The Labute approximate surface area is 271 Å². The number of rotatable bonds is 6. The van der Waals surface area contributed by atoms with E-state index in [1.165, 1.54) is 101 Å². The van der Waals surface area contributed by atoms with Crippen LogP contribution in [-0.2, 0) is 4.52 Å². The summed E-state index contributed by atoms with van der Waals surface area (Å²) in [6.07, 6.45) is 21.9. The highest BCUT2D eigenvalue weighted by Gasteiger charge is 2.67. The maximum Gasteiger partial charge on any atom is 0.0693 e. The topological polar surface area (TPSA) is 9.23 Å². The summed E-state index contributed by atoms with van der Waals surface area (Å²) in [5, 5.41) is 0. The lowest BCUT2D eigenvalue weighted by atomic mass is 9.42. The normalized spacial score (nSPS) is 44.9. The molecule has 0 N–H and O–H groups in total. The van der Waals surface area contributed by atoms with Crippen LogP contribution in [0.15, 0.2) is 36.0 Å². The first kappa shape index (κ1) is 34.4. The van der Waals surface area contributed by atoms with Crippen molar-refractivity contribution in [2.45, 2.75) is 145 Å². The van der Waals surface area contributed by atoms with Crippen LogP contribution in [-0.4, -0.2) is 6.61 Å². The predicted octanol–water partition coefficient (Wildman–Crippen LogP) is 12.7. The maximum absolute atomic E-state index is 5.45. The molecule has 6 aliphatic rings. The fourth-order valence-corrected chi connectivity index (χ4v) is 13.8. The molecule has 0 aromatic carbocycles. The third-order valence-electron chi connectivity index (χ3n) is 15.5. The SMILES string of the molecule is C=C1C2CC3C4(C)CCCC(C)(C)C4CCC3(C2)C1C.C=C1CCC2C(C)(C)CCCC2(C)C1CC/C(C)=C\COPP. The van der Waals surface area contributed by atoms with E-state index in [4.69, 9.17) is 4.52 Å². The van der Waals surface area contributed by atoms with Crippen LogP contribution in [0.2, 0.25) is 0 Å². The van der Waals surface area contributed by atoms with Crippen molar-refractivity contribution in [1.29, 1.82) is 0 Å². The lowest BCUT2D eigenvalue weighted by Crippen LogP contribution is -2.55. The van der Waals surface area contributed by atoms with Crippen molar-refractivity contribution < 1.29 is 4.52 Å². The van der Waals surface area contributed by atoms with Crippen LogP contribution < -0.4 is 0 Å². The second-order valence-corrected chi connectivity index (χ2v) is 19.6. The summed E-state index contributed by atoms with van der Waals surface area (Å²) >= 11 is 0. The molecule has 2 bridgehead atoms.